The lowest BCUT2D eigenvalue weighted by Gasteiger charge is -2.16. The van der Waals surface area contributed by atoms with E-state index in [0.717, 1.165) is 0 Å². The lowest BCUT2D eigenvalue weighted by Crippen LogP contribution is -2.25. The summed E-state index contributed by atoms with van der Waals surface area (Å²) in [5.41, 5.74) is 1.31. The highest BCUT2D eigenvalue weighted by Gasteiger charge is 2.26. The van der Waals surface area contributed by atoms with Crippen molar-refractivity contribution in [1.82, 2.24) is 0 Å². The molecule has 0 unspecified atom stereocenters. The van der Waals surface area contributed by atoms with E-state index in [1.54, 1.807) is 31.3 Å². The number of rotatable bonds is 4. The van der Waals surface area contributed by atoms with Gasteiger partial charge in [0.1, 0.15) is 5.75 Å². The molecule has 1 amide bonds. The van der Waals surface area contributed by atoms with Crippen molar-refractivity contribution >= 4 is 27.3 Å². The minimum atomic E-state index is -3.47. The number of benzene rings is 2. The minimum Gasteiger partial charge on any atom is -0.454 e. The molecule has 25 heavy (non-hydrogen) atoms. The van der Waals surface area contributed by atoms with E-state index in [-0.39, 0.29) is 17.6 Å². The van der Waals surface area contributed by atoms with Crippen molar-refractivity contribution in [3.8, 4) is 11.5 Å². The lowest BCUT2D eigenvalue weighted by atomic mass is 10.1. The van der Waals surface area contributed by atoms with Gasteiger partial charge in [0.25, 0.3) is 5.91 Å². The molecule has 132 valence electrons. The third-order valence-corrected chi connectivity index (χ3v) is 5.44. The second-order valence-corrected chi connectivity index (χ2v) is 8.19. The van der Waals surface area contributed by atoms with Crippen LogP contribution in [0.25, 0.3) is 0 Å². The molecule has 0 bridgehead atoms. The summed E-state index contributed by atoms with van der Waals surface area (Å²) < 4.78 is 32.6. The molecule has 6 nitrogen and oxygen atoms in total. The fraction of sp³-hybridized carbons (Fsp3) is 0.278. The normalized spacial score (nSPS) is 13.8. The first-order chi connectivity index (χ1) is 11.8. The number of carbonyl (C=O) groups excluding carboxylic acids is 1. The van der Waals surface area contributed by atoms with E-state index in [2.05, 4.69) is 4.72 Å². The van der Waals surface area contributed by atoms with E-state index in [1.807, 2.05) is 26.0 Å². The van der Waals surface area contributed by atoms with Crippen LogP contribution in [0, 0.1) is 5.92 Å². The van der Waals surface area contributed by atoms with Gasteiger partial charge in [-0.05, 0) is 36.2 Å². The molecule has 0 spiro atoms. The Balaban J connectivity index is 1.97. The Kier molecular flexibility index (Phi) is 4.43. The smallest absolute Gasteiger partial charge is 0.261 e. The van der Waals surface area contributed by atoms with Gasteiger partial charge < -0.3 is 9.64 Å². The number of nitrogens with zero attached hydrogens (tertiary/aromatic N) is 1. The predicted molar refractivity (Wildman–Crippen MR) is 97.9 cm³/mol. The monoisotopic (exact) mass is 360 g/mol. The molecule has 0 aromatic heterocycles. The molecule has 1 aliphatic heterocycles. The van der Waals surface area contributed by atoms with Gasteiger partial charge in [0, 0.05) is 12.7 Å². The molecule has 0 atom stereocenters. The summed E-state index contributed by atoms with van der Waals surface area (Å²) in [5.74, 6) is 0.729. The van der Waals surface area contributed by atoms with Gasteiger partial charge in [-0.25, -0.2) is 8.42 Å². The molecule has 0 fully saturated rings. The maximum absolute atomic E-state index is 12.8. The van der Waals surface area contributed by atoms with Gasteiger partial charge in [0.05, 0.1) is 17.0 Å². The zero-order chi connectivity index (χ0) is 18.2. The van der Waals surface area contributed by atoms with Gasteiger partial charge >= 0.3 is 0 Å². The zero-order valence-corrected chi connectivity index (χ0v) is 15.1. The Morgan fingerprint density at radius 1 is 1.12 bits per heavy atom. The summed E-state index contributed by atoms with van der Waals surface area (Å²) >= 11 is 0. The van der Waals surface area contributed by atoms with Crippen molar-refractivity contribution in [2.24, 2.45) is 5.92 Å². The largest absolute Gasteiger partial charge is 0.454 e. The van der Waals surface area contributed by atoms with E-state index in [4.69, 9.17) is 4.74 Å². The summed E-state index contributed by atoms with van der Waals surface area (Å²) in [6, 6.07) is 12.0. The highest BCUT2D eigenvalue weighted by Crippen LogP contribution is 2.38. The van der Waals surface area contributed by atoms with Crippen LogP contribution in [0.2, 0.25) is 0 Å². The molecule has 0 radical (unpaired) electrons. The van der Waals surface area contributed by atoms with E-state index < -0.39 is 10.0 Å². The molecule has 3 rings (SSSR count). The fourth-order valence-electron chi connectivity index (χ4n) is 2.74. The molecule has 2 aromatic rings. The molecule has 1 N–H and O–H groups in total. The number of hydrogen-bond acceptors (Lipinski definition) is 4. The van der Waals surface area contributed by atoms with Gasteiger partial charge in [-0.3, -0.25) is 9.52 Å². The topological polar surface area (TPSA) is 75.7 Å². The molecule has 0 saturated carbocycles. The molecular formula is C18H20N2O4S. The van der Waals surface area contributed by atoms with Crippen LogP contribution in [0.3, 0.4) is 0 Å². The Labute approximate surface area is 147 Å². The maximum Gasteiger partial charge on any atom is 0.261 e. The van der Waals surface area contributed by atoms with Crippen LogP contribution in [0.15, 0.2) is 42.5 Å². The summed E-state index contributed by atoms with van der Waals surface area (Å²) in [6.07, 6.45) is 0. The predicted octanol–water partition coefficient (Wildman–Crippen LogP) is 3.47. The third kappa shape index (κ3) is 3.61. The van der Waals surface area contributed by atoms with Crippen molar-refractivity contribution in [1.29, 1.82) is 0 Å². The van der Waals surface area contributed by atoms with E-state index in [9.17, 15) is 13.2 Å². The number of hydrogen-bond donors (Lipinski definition) is 1. The minimum absolute atomic E-state index is 0.00363. The first-order valence-corrected chi connectivity index (χ1v) is 9.61. The molecule has 0 aliphatic carbocycles. The van der Waals surface area contributed by atoms with Crippen molar-refractivity contribution in [3.05, 3.63) is 48.0 Å². The SMILES string of the molecule is CC(C)CS(=O)(=O)Nc1ccc2c(c1)C(=O)N(C)c1ccccc1O2. The van der Waals surface area contributed by atoms with Gasteiger partial charge in [0.15, 0.2) is 5.75 Å². The van der Waals surface area contributed by atoms with Crippen LogP contribution in [-0.4, -0.2) is 27.1 Å². The Bertz CT molecular complexity index is 922. The molecule has 1 heterocycles. The van der Waals surface area contributed by atoms with E-state index in [1.165, 1.54) is 11.0 Å². The van der Waals surface area contributed by atoms with Crippen LogP contribution < -0.4 is 14.4 Å². The van der Waals surface area contributed by atoms with Crippen molar-refractivity contribution in [2.45, 2.75) is 13.8 Å². The van der Waals surface area contributed by atoms with E-state index >= 15 is 0 Å². The molecule has 2 aromatic carbocycles. The van der Waals surface area contributed by atoms with E-state index in [0.29, 0.717) is 28.4 Å². The Morgan fingerprint density at radius 3 is 2.56 bits per heavy atom. The first-order valence-electron chi connectivity index (χ1n) is 7.96. The second-order valence-electron chi connectivity index (χ2n) is 6.42. The van der Waals surface area contributed by atoms with Gasteiger partial charge in [-0.2, -0.15) is 0 Å². The van der Waals surface area contributed by atoms with Crippen LogP contribution in [0.1, 0.15) is 24.2 Å². The first kappa shape index (κ1) is 17.3. The van der Waals surface area contributed by atoms with Crippen LogP contribution >= 0.6 is 0 Å². The maximum atomic E-state index is 12.8. The highest BCUT2D eigenvalue weighted by molar-refractivity contribution is 7.92. The molecular weight excluding hydrogens is 340 g/mol. The molecule has 7 heteroatoms. The summed E-state index contributed by atoms with van der Waals surface area (Å²) in [7, 11) is -1.81. The average molecular weight is 360 g/mol. The summed E-state index contributed by atoms with van der Waals surface area (Å²) in [4.78, 5) is 14.3. The number of ether oxygens (including phenoxy) is 1. The summed E-state index contributed by atoms with van der Waals surface area (Å²) in [6.45, 7) is 3.67. The zero-order valence-electron chi connectivity index (χ0n) is 14.3. The van der Waals surface area contributed by atoms with Gasteiger partial charge in [0.2, 0.25) is 10.0 Å². The number of nitrogens with one attached hydrogen (secondary N) is 1. The number of amides is 1. The Morgan fingerprint density at radius 2 is 1.84 bits per heavy atom. The standard InChI is InChI=1S/C18H20N2O4S/c1-12(2)11-25(22,23)19-13-8-9-16-14(10-13)18(21)20(3)15-6-4-5-7-17(15)24-16/h4-10,12,19H,11H2,1-3H3. The third-order valence-electron chi connectivity index (χ3n) is 3.79. The van der Waals surface area contributed by atoms with Gasteiger partial charge in [-0.15, -0.1) is 0 Å². The summed E-state index contributed by atoms with van der Waals surface area (Å²) in [5, 5.41) is 0. The fourth-order valence-corrected chi connectivity index (χ4v) is 4.19. The van der Waals surface area contributed by atoms with Crippen LogP contribution in [0.4, 0.5) is 11.4 Å². The van der Waals surface area contributed by atoms with Gasteiger partial charge in [-0.1, -0.05) is 26.0 Å². The van der Waals surface area contributed by atoms with Crippen molar-refractivity contribution < 1.29 is 17.9 Å². The lowest BCUT2D eigenvalue weighted by molar-refractivity contribution is 0.0993. The number of fused-ring (bicyclic) bond motifs is 2. The number of anilines is 2. The van der Waals surface area contributed by atoms with Crippen LogP contribution in [-0.2, 0) is 10.0 Å². The quantitative estimate of drug-likeness (QED) is 0.906. The van der Waals surface area contributed by atoms with Crippen molar-refractivity contribution in [3.63, 3.8) is 0 Å². The second kappa shape index (κ2) is 6.40. The average Bonchev–Trinajstić information content (AvgIpc) is 2.63. The number of sulfonamides is 1. The van der Waals surface area contributed by atoms with Crippen molar-refractivity contribution in [2.75, 3.05) is 22.4 Å². The number of carbonyl (C=O) groups is 1. The molecule has 0 saturated heterocycles. The molecule has 1 aliphatic rings. The highest BCUT2D eigenvalue weighted by atomic mass is 32.2. The van der Waals surface area contributed by atoms with Crippen LogP contribution in [0.5, 0.6) is 11.5 Å². The number of para-hydroxylation sites is 2. The Hall–Kier alpha value is -2.54.